The van der Waals surface area contributed by atoms with Crippen molar-refractivity contribution in [1.29, 1.82) is 0 Å². The van der Waals surface area contributed by atoms with E-state index in [0.717, 1.165) is 17.8 Å². The van der Waals surface area contributed by atoms with Gasteiger partial charge in [0.05, 0.1) is 6.42 Å². The number of carbonyl (C=O) groups is 1. The lowest BCUT2D eigenvalue weighted by atomic mass is 10.1. The number of hydrogen-bond donors (Lipinski definition) is 2. The molecule has 2 aromatic carbocycles. The van der Waals surface area contributed by atoms with Crippen molar-refractivity contribution < 1.29 is 4.79 Å². The molecule has 3 N–H and O–H groups in total. The summed E-state index contributed by atoms with van der Waals surface area (Å²) < 4.78 is 0. The molecule has 1 amide bonds. The summed E-state index contributed by atoms with van der Waals surface area (Å²) in [5, 5.41) is 2.99. The first-order chi connectivity index (χ1) is 11.7. The van der Waals surface area contributed by atoms with E-state index in [9.17, 15) is 4.79 Å². The fourth-order valence-corrected chi connectivity index (χ4v) is 3.15. The molecule has 1 aliphatic rings. The predicted molar refractivity (Wildman–Crippen MR) is 113 cm³/mol. The van der Waals surface area contributed by atoms with Crippen molar-refractivity contribution >= 4 is 42.1 Å². The molecule has 1 heterocycles. The highest BCUT2D eigenvalue weighted by molar-refractivity contribution is 5.92. The van der Waals surface area contributed by atoms with E-state index in [1.165, 1.54) is 37.9 Å². The molecule has 0 atom stereocenters. The zero-order chi connectivity index (χ0) is 16.8. The highest BCUT2D eigenvalue weighted by Gasteiger charge is 2.11. The number of rotatable bonds is 5. The Morgan fingerprint density at radius 1 is 0.962 bits per heavy atom. The Balaban J connectivity index is 0.00000169. The fourth-order valence-electron chi connectivity index (χ4n) is 3.15. The van der Waals surface area contributed by atoms with Gasteiger partial charge in [-0.05, 0) is 61.3 Å². The summed E-state index contributed by atoms with van der Waals surface area (Å²) in [6.07, 6.45) is 4.28. The van der Waals surface area contributed by atoms with Crippen LogP contribution >= 0.6 is 24.8 Å². The Kier molecular flexibility index (Phi) is 9.49. The average molecular weight is 396 g/mol. The van der Waals surface area contributed by atoms with Crippen LogP contribution < -0.4 is 11.1 Å². The summed E-state index contributed by atoms with van der Waals surface area (Å²) in [6.45, 7) is 3.31. The number of halogens is 2. The van der Waals surface area contributed by atoms with Gasteiger partial charge in [0.2, 0.25) is 5.91 Å². The molecule has 0 aliphatic carbocycles. The van der Waals surface area contributed by atoms with Crippen molar-refractivity contribution in [1.82, 2.24) is 4.90 Å². The van der Waals surface area contributed by atoms with Crippen LogP contribution in [0, 0.1) is 0 Å². The lowest BCUT2D eigenvalue weighted by molar-refractivity contribution is -0.115. The van der Waals surface area contributed by atoms with Crippen LogP contribution in [0.3, 0.4) is 0 Å². The van der Waals surface area contributed by atoms with Crippen LogP contribution in [0.4, 0.5) is 11.4 Å². The Bertz CT molecular complexity index is 686. The lowest BCUT2D eigenvalue weighted by Gasteiger charge is -2.26. The molecule has 0 spiro atoms. The third-order valence-corrected chi connectivity index (χ3v) is 4.41. The highest BCUT2D eigenvalue weighted by atomic mass is 35.5. The van der Waals surface area contributed by atoms with Crippen LogP contribution in [0.5, 0.6) is 0 Å². The van der Waals surface area contributed by atoms with E-state index < -0.39 is 0 Å². The summed E-state index contributed by atoms with van der Waals surface area (Å²) in [7, 11) is 0. The standard InChI is InChI=1S/C20H25N3O.2ClH/c21-18-9-7-16(8-10-18)14-20(24)22-19-6-4-5-17(13-19)15-23-11-2-1-3-12-23;;/h4-10,13H,1-3,11-12,14-15,21H2,(H,22,24);2*1H. The van der Waals surface area contributed by atoms with Crippen molar-refractivity contribution in [3.05, 3.63) is 59.7 Å². The second kappa shape index (κ2) is 11.1. The molecule has 0 unspecified atom stereocenters. The Morgan fingerprint density at radius 3 is 2.35 bits per heavy atom. The van der Waals surface area contributed by atoms with E-state index in [2.05, 4.69) is 22.3 Å². The number of likely N-dealkylation sites (tertiary alicyclic amines) is 1. The summed E-state index contributed by atoms with van der Waals surface area (Å²) >= 11 is 0. The molecule has 1 aliphatic heterocycles. The SMILES string of the molecule is Cl.Cl.Nc1ccc(CC(=O)Nc2cccc(CN3CCCCC3)c2)cc1. The molecule has 2 aromatic rings. The van der Waals surface area contributed by atoms with Gasteiger partial charge in [0.15, 0.2) is 0 Å². The molecular formula is C20H27Cl2N3O. The van der Waals surface area contributed by atoms with Gasteiger partial charge in [0.25, 0.3) is 0 Å². The Labute approximate surface area is 168 Å². The molecule has 0 radical (unpaired) electrons. The molecule has 26 heavy (non-hydrogen) atoms. The van der Waals surface area contributed by atoms with E-state index in [1.54, 1.807) is 0 Å². The van der Waals surface area contributed by atoms with Gasteiger partial charge in [-0.1, -0.05) is 30.7 Å². The number of nitrogens with one attached hydrogen (secondary N) is 1. The Hall–Kier alpha value is -1.75. The van der Waals surface area contributed by atoms with Crippen LogP contribution in [-0.2, 0) is 17.8 Å². The van der Waals surface area contributed by atoms with E-state index in [1.807, 2.05) is 36.4 Å². The van der Waals surface area contributed by atoms with Gasteiger partial charge in [0, 0.05) is 17.9 Å². The number of carbonyl (C=O) groups excluding carboxylic acids is 1. The van der Waals surface area contributed by atoms with Gasteiger partial charge < -0.3 is 11.1 Å². The van der Waals surface area contributed by atoms with E-state index in [0.29, 0.717) is 12.1 Å². The summed E-state index contributed by atoms with van der Waals surface area (Å²) in [5.41, 5.74) is 9.46. The minimum Gasteiger partial charge on any atom is -0.399 e. The molecule has 142 valence electrons. The lowest BCUT2D eigenvalue weighted by Crippen LogP contribution is -2.29. The number of nitrogen functional groups attached to an aromatic ring is 1. The molecule has 0 bridgehead atoms. The first kappa shape index (κ1) is 22.3. The quantitative estimate of drug-likeness (QED) is 0.742. The summed E-state index contributed by atoms with van der Waals surface area (Å²) in [6, 6.07) is 15.6. The van der Waals surface area contributed by atoms with E-state index in [4.69, 9.17) is 5.73 Å². The molecule has 1 saturated heterocycles. The maximum Gasteiger partial charge on any atom is 0.228 e. The van der Waals surface area contributed by atoms with Gasteiger partial charge in [-0.15, -0.1) is 24.8 Å². The predicted octanol–water partition coefficient (Wildman–Crippen LogP) is 4.28. The molecule has 6 heteroatoms. The highest BCUT2D eigenvalue weighted by Crippen LogP contribution is 2.16. The van der Waals surface area contributed by atoms with Crippen LogP contribution in [0.15, 0.2) is 48.5 Å². The van der Waals surface area contributed by atoms with Gasteiger partial charge in [-0.3, -0.25) is 9.69 Å². The first-order valence-electron chi connectivity index (χ1n) is 8.64. The number of hydrogen-bond acceptors (Lipinski definition) is 3. The third-order valence-electron chi connectivity index (χ3n) is 4.41. The van der Waals surface area contributed by atoms with E-state index >= 15 is 0 Å². The number of piperidine rings is 1. The van der Waals surface area contributed by atoms with Crippen molar-refractivity contribution in [2.45, 2.75) is 32.2 Å². The summed E-state index contributed by atoms with van der Waals surface area (Å²) in [5.74, 6) is -0.00473. The second-order valence-corrected chi connectivity index (χ2v) is 6.50. The van der Waals surface area contributed by atoms with Gasteiger partial charge in [0.1, 0.15) is 0 Å². The zero-order valence-corrected chi connectivity index (χ0v) is 16.5. The normalized spacial score (nSPS) is 14.0. The fraction of sp³-hybridized carbons (Fsp3) is 0.350. The van der Waals surface area contributed by atoms with Crippen molar-refractivity contribution in [2.75, 3.05) is 24.1 Å². The first-order valence-corrected chi connectivity index (χ1v) is 8.64. The molecular weight excluding hydrogens is 369 g/mol. The van der Waals surface area contributed by atoms with Crippen LogP contribution in [-0.4, -0.2) is 23.9 Å². The number of benzene rings is 2. The molecule has 0 aromatic heterocycles. The Morgan fingerprint density at radius 2 is 1.65 bits per heavy atom. The molecule has 1 fully saturated rings. The van der Waals surface area contributed by atoms with Crippen molar-refractivity contribution in [2.24, 2.45) is 0 Å². The molecule has 3 rings (SSSR count). The molecule has 0 saturated carbocycles. The summed E-state index contributed by atoms with van der Waals surface area (Å²) in [4.78, 5) is 14.7. The smallest absolute Gasteiger partial charge is 0.228 e. The second-order valence-electron chi connectivity index (χ2n) is 6.50. The number of amides is 1. The van der Waals surface area contributed by atoms with Gasteiger partial charge in [-0.2, -0.15) is 0 Å². The van der Waals surface area contributed by atoms with Crippen LogP contribution in [0.2, 0.25) is 0 Å². The largest absolute Gasteiger partial charge is 0.399 e. The maximum absolute atomic E-state index is 12.2. The van der Waals surface area contributed by atoms with Gasteiger partial charge in [-0.25, -0.2) is 0 Å². The van der Waals surface area contributed by atoms with Gasteiger partial charge >= 0.3 is 0 Å². The molecule has 4 nitrogen and oxygen atoms in total. The van der Waals surface area contributed by atoms with E-state index in [-0.39, 0.29) is 30.7 Å². The third kappa shape index (κ3) is 6.87. The minimum atomic E-state index is -0.00473. The monoisotopic (exact) mass is 395 g/mol. The minimum absolute atomic E-state index is 0. The number of anilines is 2. The maximum atomic E-state index is 12.2. The van der Waals surface area contributed by atoms with Crippen LogP contribution in [0.25, 0.3) is 0 Å². The number of nitrogens with two attached hydrogens (primary N) is 1. The average Bonchev–Trinajstić information content (AvgIpc) is 2.58. The topological polar surface area (TPSA) is 58.4 Å². The van der Waals surface area contributed by atoms with Crippen molar-refractivity contribution in [3.8, 4) is 0 Å². The zero-order valence-electron chi connectivity index (χ0n) is 14.8. The van der Waals surface area contributed by atoms with Crippen LogP contribution in [0.1, 0.15) is 30.4 Å². The number of nitrogens with zero attached hydrogens (tertiary/aromatic N) is 1. The van der Waals surface area contributed by atoms with Crippen molar-refractivity contribution in [3.63, 3.8) is 0 Å².